The molecule has 114 valence electrons. The molecular formula is C16H32O3. The van der Waals surface area contributed by atoms with Crippen molar-refractivity contribution in [2.24, 2.45) is 0 Å². The van der Waals surface area contributed by atoms with E-state index in [-0.39, 0.29) is 0 Å². The van der Waals surface area contributed by atoms with Gasteiger partial charge in [0.05, 0.1) is 0 Å². The highest BCUT2D eigenvalue weighted by atomic mass is 16.5. The highest BCUT2D eigenvalue weighted by molar-refractivity contribution is 5.66. The summed E-state index contributed by atoms with van der Waals surface area (Å²) in [7, 11) is 0. The van der Waals surface area contributed by atoms with Gasteiger partial charge >= 0.3 is 5.97 Å². The van der Waals surface area contributed by atoms with Gasteiger partial charge in [0.1, 0.15) is 0 Å². The molecule has 0 aromatic heterocycles. The molecule has 0 heterocycles. The number of rotatable bonds is 15. The van der Waals surface area contributed by atoms with Crippen LogP contribution in [-0.2, 0) is 9.53 Å². The van der Waals surface area contributed by atoms with E-state index in [0.29, 0.717) is 6.42 Å². The number of carbonyl (C=O) groups is 1. The normalized spacial score (nSPS) is 10.8. The number of carboxylic acid groups (broad SMARTS) is 1. The van der Waals surface area contributed by atoms with E-state index in [2.05, 4.69) is 6.92 Å². The second kappa shape index (κ2) is 15.5. The summed E-state index contributed by atoms with van der Waals surface area (Å²) >= 11 is 0. The number of aliphatic carboxylic acids is 1. The summed E-state index contributed by atoms with van der Waals surface area (Å²) in [6.07, 6.45) is 13.5. The Bertz CT molecular complexity index is 192. The molecule has 0 bridgehead atoms. The first kappa shape index (κ1) is 18.4. The van der Waals surface area contributed by atoms with Crippen LogP contribution in [0.25, 0.3) is 0 Å². The van der Waals surface area contributed by atoms with E-state index in [9.17, 15) is 4.79 Å². The highest BCUT2D eigenvalue weighted by Gasteiger charge is 1.96. The van der Waals surface area contributed by atoms with E-state index in [1.54, 1.807) is 0 Å². The smallest absolute Gasteiger partial charge is 0.303 e. The molecule has 0 aromatic carbocycles. The van der Waals surface area contributed by atoms with Gasteiger partial charge in [-0.3, -0.25) is 4.79 Å². The summed E-state index contributed by atoms with van der Waals surface area (Å²) in [6, 6.07) is 0. The minimum atomic E-state index is -0.678. The fourth-order valence-corrected chi connectivity index (χ4v) is 2.10. The Kier molecular flexibility index (Phi) is 15.0. The molecule has 0 atom stereocenters. The van der Waals surface area contributed by atoms with E-state index in [1.807, 2.05) is 0 Å². The van der Waals surface area contributed by atoms with Gasteiger partial charge in [0.15, 0.2) is 0 Å². The SMILES string of the molecule is CCCCCCCCOCCCCCCCC(=O)O. The minimum absolute atomic E-state index is 0.314. The zero-order valence-electron chi connectivity index (χ0n) is 12.7. The first-order chi connectivity index (χ1) is 9.27. The average Bonchev–Trinajstić information content (AvgIpc) is 2.39. The van der Waals surface area contributed by atoms with Gasteiger partial charge in [0.2, 0.25) is 0 Å². The lowest BCUT2D eigenvalue weighted by atomic mass is 10.1. The third kappa shape index (κ3) is 17.4. The van der Waals surface area contributed by atoms with Gasteiger partial charge in [-0.2, -0.15) is 0 Å². The fraction of sp³-hybridized carbons (Fsp3) is 0.938. The standard InChI is InChI=1S/C16H32O3/c1-2-3-4-5-8-11-14-19-15-12-9-6-7-10-13-16(17)18/h2-15H2,1H3,(H,17,18). The summed E-state index contributed by atoms with van der Waals surface area (Å²) in [5, 5.41) is 8.48. The summed E-state index contributed by atoms with van der Waals surface area (Å²) in [6.45, 7) is 4.02. The molecule has 3 nitrogen and oxygen atoms in total. The topological polar surface area (TPSA) is 46.5 Å². The van der Waals surface area contributed by atoms with Crippen LogP contribution in [0.15, 0.2) is 0 Å². The molecule has 0 rings (SSSR count). The van der Waals surface area contributed by atoms with Crippen LogP contribution in [-0.4, -0.2) is 24.3 Å². The van der Waals surface area contributed by atoms with Crippen LogP contribution >= 0.6 is 0 Å². The predicted molar refractivity (Wildman–Crippen MR) is 79.5 cm³/mol. The van der Waals surface area contributed by atoms with Crippen LogP contribution in [0.4, 0.5) is 0 Å². The maximum absolute atomic E-state index is 10.3. The monoisotopic (exact) mass is 272 g/mol. The van der Waals surface area contributed by atoms with Crippen molar-refractivity contribution in [1.82, 2.24) is 0 Å². The average molecular weight is 272 g/mol. The number of hydrogen-bond donors (Lipinski definition) is 1. The maximum atomic E-state index is 10.3. The number of unbranched alkanes of at least 4 members (excludes halogenated alkanes) is 9. The molecule has 0 aromatic rings. The minimum Gasteiger partial charge on any atom is -0.481 e. The largest absolute Gasteiger partial charge is 0.481 e. The molecule has 0 aliphatic heterocycles. The Morgan fingerprint density at radius 1 is 0.789 bits per heavy atom. The number of ether oxygens (including phenoxy) is 1. The van der Waals surface area contributed by atoms with Gasteiger partial charge in [-0.25, -0.2) is 0 Å². The summed E-state index contributed by atoms with van der Waals surface area (Å²) in [4.78, 5) is 10.3. The van der Waals surface area contributed by atoms with Crippen molar-refractivity contribution in [1.29, 1.82) is 0 Å². The van der Waals surface area contributed by atoms with Crippen LogP contribution in [0.5, 0.6) is 0 Å². The molecule has 0 fully saturated rings. The first-order valence-corrected chi connectivity index (χ1v) is 8.07. The van der Waals surface area contributed by atoms with Crippen molar-refractivity contribution in [2.75, 3.05) is 13.2 Å². The molecule has 1 N–H and O–H groups in total. The highest BCUT2D eigenvalue weighted by Crippen LogP contribution is 2.07. The van der Waals surface area contributed by atoms with Crippen molar-refractivity contribution >= 4 is 5.97 Å². The lowest BCUT2D eigenvalue weighted by Crippen LogP contribution is -1.97. The summed E-state index contributed by atoms with van der Waals surface area (Å²) < 4.78 is 5.59. The molecule has 0 spiro atoms. The molecule has 0 saturated carbocycles. The molecule has 0 aliphatic carbocycles. The molecule has 0 unspecified atom stereocenters. The Morgan fingerprint density at radius 2 is 1.26 bits per heavy atom. The molecule has 0 saturated heterocycles. The Morgan fingerprint density at radius 3 is 1.79 bits per heavy atom. The van der Waals surface area contributed by atoms with Gasteiger partial charge < -0.3 is 9.84 Å². The van der Waals surface area contributed by atoms with Gasteiger partial charge in [0.25, 0.3) is 0 Å². The predicted octanol–water partition coefficient (Wildman–Crippen LogP) is 4.79. The lowest BCUT2D eigenvalue weighted by molar-refractivity contribution is -0.137. The van der Waals surface area contributed by atoms with Gasteiger partial charge in [-0.1, -0.05) is 58.3 Å². The zero-order valence-corrected chi connectivity index (χ0v) is 12.7. The van der Waals surface area contributed by atoms with Gasteiger partial charge in [-0.15, -0.1) is 0 Å². The Labute approximate surface area is 118 Å². The molecule has 0 aliphatic rings. The first-order valence-electron chi connectivity index (χ1n) is 8.07. The van der Waals surface area contributed by atoms with E-state index in [1.165, 1.54) is 38.5 Å². The van der Waals surface area contributed by atoms with E-state index < -0.39 is 5.97 Å². The van der Waals surface area contributed by atoms with Crippen molar-refractivity contribution in [3.63, 3.8) is 0 Å². The van der Waals surface area contributed by atoms with Gasteiger partial charge in [-0.05, 0) is 19.3 Å². The third-order valence-electron chi connectivity index (χ3n) is 3.32. The Balaban J connectivity index is 2.93. The molecule has 19 heavy (non-hydrogen) atoms. The molecule has 3 heteroatoms. The van der Waals surface area contributed by atoms with Crippen LogP contribution < -0.4 is 0 Å². The summed E-state index contributed by atoms with van der Waals surface area (Å²) in [5.41, 5.74) is 0. The maximum Gasteiger partial charge on any atom is 0.303 e. The van der Waals surface area contributed by atoms with Crippen LogP contribution in [0, 0.1) is 0 Å². The van der Waals surface area contributed by atoms with Crippen LogP contribution in [0.2, 0.25) is 0 Å². The van der Waals surface area contributed by atoms with Gasteiger partial charge in [0, 0.05) is 19.6 Å². The van der Waals surface area contributed by atoms with Crippen LogP contribution in [0.1, 0.15) is 84.0 Å². The summed E-state index contributed by atoms with van der Waals surface area (Å²) in [5.74, 6) is -0.678. The molecule has 0 amide bonds. The van der Waals surface area contributed by atoms with Crippen molar-refractivity contribution < 1.29 is 14.6 Å². The molecular weight excluding hydrogens is 240 g/mol. The fourth-order valence-electron chi connectivity index (χ4n) is 2.10. The van der Waals surface area contributed by atoms with E-state index >= 15 is 0 Å². The lowest BCUT2D eigenvalue weighted by Gasteiger charge is -2.04. The second-order valence-corrected chi connectivity index (χ2v) is 5.29. The van der Waals surface area contributed by atoms with Crippen molar-refractivity contribution in [2.45, 2.75) is 84.0 Å². The van der Waals surface area contributed by atoms with E-state index in [4.69, 9.17) is 9.84 Å². The van der Waals surface area contributed by atoms with E-state index in [0.717, 1.165) is 45.3 Å². The van der Waals surface area contributed by atoms with Crippen molar-refractivity contribution in [3.8, 4) is 0 Å². The zero-order chi connectivity index (χ0) is 14.2. The third-order valence-corrected chi connectivity index (χ3v) is 3.32. The van der Waals surface area contributed by atoms with Crippen LogP contribution in [0.3, 0.4) is 0 Å². The number of carboxylic acids is 1. The second-order valence-electron chi connectivity index (χ2n) is 5.29. The Hall–Kier alpha value is -0.570. The van der Waals surface area contributed by atoms with Crippen molar-refractivity contribution in [3.05, 3.63) is 0 Å². The quantitative estimate of drug-likeness (QED) is 0.436. The number of hydrogen-bond acceptors (Lipinski definition) is 2. The molecule has 0 radical (unpaired) electrons.